The van der Waals surface area contributed by atoms with Crippen LogP contribution in [0.25, 0.3) is 0 Å². The fraction of sp³-hybridized carbons (Fsp3) is 0. The normalized spacial score (nSPS) is 9.50. The number of carbonyl (C=O) groups excluding carboxylic acids is 2. The van der Waals surface area contributed by atoms with Crippen LogP contribution >= 0.6 is 11.6 Å². The molecule has 0 saturated heterocycles. The van der Waals surface area contributed by atoms with Gasteiger partial charge in [-0.25, -0.2) is 4.79 Å². The average Bonchev–Trinajstić information content (AvgIpc) is 2.16. The third-order valence-corrected chi connectivity index (χ3v) is 1.78. The molecule has 1 N–H and O–H groups in total. The highest BCUT2D eigenvalue weighted by Gasteiger charge is 2.20. The van der Waals surface area contributed by atoms with Gasteiger partial charge in [-0.15, -0.1) is 0 Å². The predicted octanol–water partition coefficient (Wildman–Crippen LogP) is 1.33. The number of halogens is 1. The van der Waals surface area contributed by atoms with E-state index in [4.69, 9.17) is 16.7 Å². The van der Waals surface area contributed by atoms with Crippen LogP contribution in [-0.2, 0) is 4.79 Å². The average molecular weight is 213 g/mol. The zero-order chi connectivity index (χ0) is 10.7. The molecule has 1 aromatic rings. The SMILES string of the molecule is O=C(O)C(=O)c1ccccc1C(=O)Cl. The lowest BCUT2D eigenvalue weighted by Gasteiger charge is -2.00. The van der Waals surface area contributed by atoms with Crippen LogP contribution in [0.2, 0.25) is 0 Å². The first-order chi connectivity index (χ1) is 6.54. The number of rotatable bonds is 3. The lowest BCUT2D eigenvalue weighted by molar-refractivity contribution is -0.131. The molecule has 1 aromatic carbocycles. The minimum absolute atomic E-state index is 0.0958. The molecule has 0 spiro atoms. The summed E-state index contributed by atoms with van der Waals surface area (Å²) < 4.78 is 0. The van der Waals surface area contributed by atoms with E-state index in [2.05, 4.69) is 0 Å². The van der Waals surface area contributed by atoms with E-state index in [1.54, 1.807) is 0 Å². The molecule has 0 atom stereocenters. The van der Waals surface area contributed by atoms with Gasteiger partial charge in [0.15, 0.2) is 0 Å². The van der Waals surface area contributed by atoms with Crippen molar-refractivity contribution in [3.63, 3.8) is 0 Å². The zero-order valence-electron chi connectivity index (χ0n) is 6.86. The van der Waals surface area contributed by atoms with E-state index in [0.29, 0.717) is 0 Å². The number of carboxylic acids is 1. The summed E-state index contributed by atoms with van der Waals surface area (Å²) in [5, 5.41) is 7.59. The Morgan fingerprint density at radius 1 is 1.07 bits per heavy atom. The topological polar surface area (TPSA) is 71.4 Å². The highest BCUT2D eigenvalue weighted by Crippen LogP contribution is 2.12. The molecule has 0 bridgehead atoms. The number of hydrogen-bond donors (Lipinski definition) is 1. The van der Waals surface area contributed by atoms with Crippen molar-refractivity contribution in [1.82, 2.24) is 0 Å². The van der Waals surface area contributed by atoms with Crippen LogP contribution < -0.4 is 0 Å². The second-order valence-electron chi connectivity index (χ2n) is 2.45. The summed E-state index contributed by atoms with van der Waals surface area (Å²) in [6.07, 6.45) is 0. The summed E-state index contributed by atoms with van der Waals surface area (Å²) in [6.45, 7) is 0. The largest absolute Gasteiger partial charge is 0.475 e. The number of benzene rings is 1. The van der Waals surface area contributed by atoms with Gasteiger partial charge >= 0.3 is 5.97 Å². The minimum Gasteiger partial charge on any atom is -0.475 e. The molecule has 0 aromatic heterocycles. The van der Waals surface area contributed by atoms with Crippen molar-refractivity contribution in [1.29, 1.82) is 0 Å². The van der Waals surface area contributed by atoms with E-state index in [0.717, 1.165) is 0 Å². The van der Waals surface area contributed by atoms with Crippen LogP contribution in [0.1, 0.15) is 20.7 Å². The van der Waals surface area contributed by atoms with Crippen LogP contribution in [0.4, 0.5) is 0 Å². The van der Waals surface area contributed by atoms with Crippen molar-refractivity contribution < 1.29 is 19.5 Å². The predicted molar refractivity (Wildman–Crippen MR) is 48.6 cm³/mol. The summed E-state index contributed by atoms with van der Waals surface area (Å²) in [7, 11) is 0. The van der Waals surface area contributed by atoms with Crippen LogP contribution in [-0.4, -0.2) is 22.1 Å². The Morgan fingerprint density at radius 3 is 2.00 bits per heavy atom. The lowest BCUT2D eigenvalue weighted by Crippen LogP contribution is -2.15. The monoisotopic (exact) mass is 212 g/mol. The first-order valence-electron chi connectivity index (χ1n) is 3.60. The fourth-order valence-corrected chi connectivity index (χ4v) is 1.13. The highest BCUT2D eigenvalue weighted by molar-refractivity contribution is 6.68. The number of carboxylic acid groups (broad SMARTS) is 1. The van der Waals surface area contributed by atoms with Crippen LogP contribution in [0, 0.1) is 0 Å². The van der Waals surface area contributed by atoms with Gasteiger partial charge < -0.3 is 5.11 Å². The summed E-state index contributed by atoms with van der Waals surface area (Å²) in [6, 6.07) is 5.49. The van der Waals surface area contributed by atoms with Gasteiger partial charge in [-0.05, 0) is 23.7 Å². The van der Waals surface area contributed by atoms with E-state index in [-0.39, 0.29) is 11.1 Å². The number of Topliss-reactive ketones (excluding diaryl/α,β-unsaturated/α-hetero) is 1. The molecule has 5 heteroatoms. The van der Waals surface area contributed by atoms with Crippen molar-refractivity contribution in [2.24, 2.45) is 0 Å². The molecule has 0 saturated carbocycles. The van der Waals surface area contributed by atoms with E-state index in [1.165, 1.54) is 24.3 Å². The minimum atomic E-state index is -1.62. The molecule has 0 aliphatic carbocycles. The van der Waals surface area contributed by atoms with Crippen molar-refractivity contribution in [2.75, 3.05) is 0 Å². The number of aliphatic carboxylic acids is 1. The van der Waals surface area contributed by atoms with Crippen LogP contribution in [0.15, 0.2) is 24.3 Å². The zero-order valence-corrected chi connectivity index (χ0v) is 7.62. The first-order valence-corrected chi connectivity index (χ1v) is 3.98. The van der Waals surface area contributed by atoms with E-state index >= 15 is 0 Å². The molecule has 0 amide bonds. The van der Waals surface area contributed by atoms with E-state index in [9.17, 15) is 14.4 Å². The molecular formula is C9H5ClO4. The summed E-state index contributed by atoms with van der Waals surface area (Å²) in [5.41, 5.74) is -0.290. The lowest BCUT2D eigenvalue weighted by atomic mass is 10.0. The molecule has 0 unspecified atom stereocenters. The Labute approximate surface area is 84.1 Å². The van der Waals surface area contributed by atoms with Crippen molar-refractivity contribution in [3.8, 4) is 0 Å². The van der Waals surface area contributed by atoms with E-state index < -0.39 is 17.0 Å². The van der Waals surface area contributed by atoms with Gasteiger partial charge in [0.1, 0.15) is 0 Å². The Hall–Kier alpha value is -1.68. The quantitative estimate of drug-likeness (QED) is 0.466. The molecule has 0 radical (unpaired) electrons. The Bertz CT molecular complexity index is 411. The third-order valence-electron chi connectivity index (χ3n) is 1.58. The molecule has 14 heavy (non-hydrogen) atoms. The molecule has 4 nitrogen and oxygen atoms in total. The Kier molecular flexibility index (Phi) is 2.99. The van der Waals surface area contributed by atoms with Crippen LogP contribution in [0.3, 0.4) is 0 Å². The molecule has 1 rings (SSSR count). The summed E-state index contributed by atoms with van der Waals surface area (Å²) in [4.78, 5) is 32.2. The third kappa shape index (κ3) is 1.97. The molecule has 0 aliphatic rings. The fourth-order valence-electron chi connectivity index (χ4n) is 0.968. The second-order valence-corrected chi connectivity index (χ2v) is 2.80. The number of ketones is 1. The second kappa shape index (κ2) is 4.02. The van der Waals surface area contributed by atoms with Crippen molar-refractivity contribution in [3.05, 3.63) is 35.4 Å². The van der Waals surface area contributed by atoms with Gasteiger partial charge in [0.05, 0.1) is 0 Å². The first kappa shape index (κ1) is 10.4. The molecular weight excluding hydrogens is 208 g/mol. The van der Waals surface area contributed by atoms with E-state index in [1.807, 2.05) is 0 Å². The van der Waals surface area contributed by atoms with Gasteiger partial charge in [-0.1, -0.05) is 12.1 Å². The molecule has 0 fully saturated rings. The Morgan fingerprint density at radius 2 is 1.57 bits per heavy atom. The maximum atomic E-state index is 11.1. The van der Waals surface area contributed by atoms with Gasteiger partial charge in [-0.3, -0.25) is 9.59 Å². The molecule has 72 valence electrons. The highest BCUT2D eigenvalue weighted by atomic mass is 35.5. The smallest absolute Gasteiger partial charge is 0.377 e. The van der Waals surface area contributed by atoms with Gasteiger partial charge in [0.2, 0.25) is 0 Å². The van der Waals surface area contributed by atoms with Gasteiger partial charge in [0, 0.05) is 11.1 Å². The summed E-state index contributed by atoms with van der Waals surface area (Å²) >= 11 is 5.17. The van der Waals surface area contributed by atoms with Gasteiger partial charge in [0.25, 0.3) is 11.0 Å². The standard InChI is InChI=1S/C9H5ClO4/c10-8(12)6-4-2-1-3-5(6)7(11)9(13)14/h1-4H,(H,13,14). The number of carbonyl (C=O) groups is 3. The van der Waals surface area contributed by atoms with Crippen molar-refractivity contribution in [2.45, 2.75) is 0 Å². The maximum Gasteiger partial charge on any atom is 0.377 e. The maximum absolute atomic E-state index is 11.1. The van der Waals surface area contributed by atoms with Gasteiger partial charge in [-0.2, -0.15) is 0 Å². The molecule has 0 aliphatic heterocycles. The molecule has 0 heterocycles. The van der Waals surface area contributed by atoms with Crippen molar-refractivity contribution >= 4 is 28.6 Å². The Balaban J connectivity index is 3.27. The number of hydrogen-bond acceptors (Lipinski definition) is 3. The van der Waals surface area contributed by atoms with Crippen LogP contribution in [0.5, 0.6) is 0 Å². The summed E-state index contributed by atoms with van der Waals surface area (Å²) in [5.74, 6) is -2.76.